The average Bonchev–Trinajstić information content (AvgIpc) is 2.60. The number of thioether (sulfide) groups is 1. The molecule has 2 heterocycles. The number of para-hydroxylation sites is 1. The SMILES string of the molecule is CCC(Sc1ncccn1)C(=O)Nc1cc(C)nc2ccccc12. The van der Waals surface area contributed by atoms with Gasteiger partial charge in [0.25, 0.3) is 0 Å². The van der Waals surface area contributed by atoms with Crippen molar-refractivity contribution in [1.29, 1.82) is 0 Å². The molecule has 3 aromatic rings. The van der Waals surface area contributed by atoms with Gasteiger partial charge in [-0.15, -0.1) is 0 Å². The molecule has 3 rings (SSSR count). The van der Waals surface area contributed by atoms with Gasteiger partial charge < -0.3 is 5.32 Å². The maximum atomic E-state index is 12.7. The summed E-state index contributed by atoms with van der Waals surface area (Å²) in [5.74, 6) is -0.0503. The lowest BCUT2D eigenvalue weighted by Crippen LogP contribution is -2.25. The summed E-state index contributed by atoms with van der Waals surface area (Å²) in [5.41, 5.74) is 2.53. The van der Waals surface area contributed by atoms with Crippen molar-refractivity contribution in [3.05, 3.63) is 54.5 Å². The molecule has 0 bridgehead atoms. The summed E-state index contributed by atoms with van der Waals surface area (Å²) >= 11 is 1.38. The summed E-state index contributed by atoms with van der Waals surface area (Å²) in [7, 11) is 0. The number of carbonyl (C=O) groups is 1. The van der Waals surface area contributed by atoms with Gasteiger partial charge in [0.15, 0.2) is 5.16 Å². The van der Waals surface area contributed by atoms with Crippen molar-refractivity contribution >= 4 is 34.3 Å². The molecular formula is C18H18N4OS. The quantitative estimate of drug-likeness (QED) is 0.565. The second kappa shape index (κ2) is 7.40. The Morgan fingerprint density at radius 3 is 2.71 bits per heavy atom. The number of aryl methyl sites for hydroxylation is 1. The van der Waals surface area contributed by atoms with E-state index in [4.69, 9.17) is 0 Å². The second-order valence-corrected chi connectivity index (χ2v) is 6.53. The van der Waals surface area contributed by atoms with E-state index in [-0.39, 0.29) is 11.2 Å². The summed E-state index contributed by atoms with van der Waals surface area (Å²) < 4.78 is 0. The fourth-order valence-electron chi connectivity index (χ4n) is 2.42. The predicted octanol–water partition coefficient (Wildman–Crippen LogP) is 3.84. The number of amides is 1. The van der Waals surface area contributed by atoms with Gasteiger partial charge in [0.1, 0.15) is 0 Å². The zero-order valence-corrected chi connectivity index (χ0v) is 14.4. The van der Waals surface area contributed by atoms with Gasteiger partial charge in [0.2, 0.25) is 5.91 Å². The summed E-state index contributed by atoms with van der Waals surface area (Å²) in [6, 6.07) is 11.5. The lowest BCUT2D eigenvalue weighted by Gasteiger charge is -2.15. The Balaban J connectivity index is 1.83. The van der Waals surface area contributed by atoms with Crippen LogP contribution in [0.2, 0.25) is 0 Å². The average molecular weight is 338 g/mol. The van der Waals surface area contributed by atoms with E-state index in [0.717, 1.165) is 22.3 Å². The molecule has 1 unspecified atom stereocenters. The van der Waals surface area contributed by atoms with Crippen LogP contribution in [0.1, 0.15) is 19.0 Å². The first kappa shape index (κ1) is 16.4. The minimum atomic E-state index is -0.250. The van der Waals surface area contributed by atoms with Crippen molar-refractivity contribution in [1.82, 2.24) is 15.0 Å². The van der Waals surface area contributed by atoms with Crippen LogP contribution in [-0.4, -0.2) is 26.1 Å². The Morgan fingerprint density at radius 2 is 1.96 bits per heavy atom. The van der Waals surface area contributed by atoms with E-state index in [2.05, 4.69) is 20.3 Å². The molecule has 0 fully saturated rings. The lowest BCUT2D eigenvalue weighted by molar-refractivity contribution is -0.115. The number of nitrogens with one attached hydrogen (secondary N) is 1. The fourth-order valence-corrected chi connectivity index (χ4v) is 3.25. The van der Waals surface area contributed by atoms with Gasteiger partial charge in [-0.1, -0.05) is 36.9 Å². The van der Waals surface area contributed by atoms with Crippen molar-refractivity contribution in [2.24, 2.45) is 0 Å². The van der Waals surface area contributed by atoms with Crippen LogP contribution >= 0.6 is 11.8 Å². The number of pyridine rings is 1. The molecule has 0 saturated heterocycles. The Hall–Kier alpha value is -2.47. The molecule has 0 spiro atoms. The number of anilines is 1. The van der Waals surface area contributed by atoms with Crippen molar-refractivity contribution in [2.45, 2.75) is 30.7 Å². The molecule has 2 aromatic heterocycles. The smallest absolute Gasteiger partial charge is 0.237 e. The third kappa shape index (κ3) is 3.71. The normalized spacial score (nSPS) is 12.1. The molecule has 0 saturated carbocycles. The number of carbonyl (C=O) groups excluding carboxylic acids is 1. The van der Waals surface area contributed by atoms with Crippen LogP contribution in [-0.2, 0) is 4.79 Å². The van der Waals surface area contributed by atoms with Crippen LogP contribution in [0, 0.1) is 6.92 Å². The second-order valence-electron chi connectivity index (χ2n) is 5.36. The van der Waals surface area contributed by atoms with E-state index in [1.165, 1.54) is 11.8 Å². The first-order valence-corrected chi connectivity index (χ1v) is 8.66. The van der Waals surface area contributed by atoms with Gasteiger partial charge in [-0.2, -0.15) is 0 Å². The molecule has 1 N–H and O–H groups in total. The first-order chi connectivity index (χ1) is 11.7. The summed E-state index contributed by atoms with van der Waals surface area (Å²) in [4.78, 5) is 25.6. The molecule has 122 valence electrons. The monoisotopic (exact) mass is 338 g/mol. The van der Waals surface area contributed by atoms with Crippen molar-refractivity contribution in [2.75, 3.05) is 5.32 Å². The summed E-state index contributed by atoms with van der Waals surface area (Å²) in [6.45, 7) is 3.90. The van der Waals surface area contributed by atoms with Gasteiger partial charge in [-0.05, 0) is 31.5 Å². The number of benzene rings is 1. The van der Waals surface area contributed by atoms with E-state index in [1.54, 1.807) is 18.5 Å². The highest BCUT2D eigenvalue weighted by Gasteiger charge is 2.20. The number of hydrogen-bond acceptors (Lipinski definition) is 5. The Labute approximate surface area is 144 Å². The number of nitrogens with zero attached hydrogens (tertiary/aromatic N) is 3. The Bertz CT molecular complexity index is 854. The third-order valence-electron chi connectivity index (χ3n) is 3.56. The minimum Gasteiger partial charge on any atom is -0.324 e. The Morgan fingerprint density at radius 1 is 1.21 bits per heavy atom. The van der Waals surface area contributed by atoms with Gasteiger partial charge in [-0.3, -0.25) is 9.78 Å². The maximum Gasteiger partial charge on any atom is 0.237 e. The molecule has 0 aliphatic heterocycles. The number of hydrogen-bond donors (Lipinski definition) is 1. The van der Waals surface area contributed by atoms with Crippen molar-refractivity contribution in [3.8, 4) is 0 Å². The number of rotatable bonds is 5. The van der Waals surface area contributed by atoms with Crippen molar-refractivity contribution < 1.29 is 4.79 Å². The molecule has 0 aliphatic carbocycles. The number of fused-ring (bicyclic) bond motifs is 1. The zero-order chi connectivity index (χ0) is 16.9. The van der Waals surface area contributed by atoms with Crippen LogP contribution in [0.3, 0.4) is 0 Å². The number of aromatic nitrogens is 3. The highest BCUT2D eigenvalue weighted by Crippen LogP contribution is 2.26. The summed E-state index contributed by atoms with van der Waals surface area (Å²) in [6.07, 6.45) is 4.05. The van der Waals surface area contributed by atoms with Gasteiger partial charge in [0, 0.05) is 23.5 Å². The van der Waals surface area contributed by atoms with Gasteiger partial charge in [-0.25, -0.2) is 9.97 Å². The fraction of sp³-hybridized carbons (Fsp3) is 0.222. The van der Waals surface area contributed by atoms with E-state index < -0.39 is 0 Å². The standard InChI is InChI=1S/C18H18N4OS/c1-3-16(24-18-19-9-6-10-20-18)17(23)22-15-11-12(2)21-14-8-5-4-7-13(14)15/h4-11,16H,3H2,1-2H3,(H,21,22,23). The molecule has 5 nitrogen and oxygen atoms in total. The van der Waals surface area contributed by atoms with Crippen LogP contribution in [0.25, 0.3) is 10.9 Å². The van der Waals surface area contributed by atoms with Gasteiger partial charge >= 0.3 is 0 Å². The molecule has 6 heteroatoms. The third-order valence-corrected chi connectivity index (χ3v) is 4.81. The molecule has 24 heavy (non-hydrogen) atoms. The minimum absolute atomic E-state index is 0.0503. The molecule has 1 aromatic carbocycles. The zero-order valence-electron chi connectivity index (χ0n) is 13.6. The maximum absolute atomic E-state index is 12.7. The van der Waals surface area contributed by atoms with E-state index in [9.17, 15) is 4.79 Å². The van der Waals surface area contributed by atoms with Crippen LogP contribution in [0.15, 0.2) is 53.9 Å². The first-order valence-electron chi connectivity index (χ1n) is 7.78. The van der Waals surface area contributed by atoms with Crippen LogP contribution < -0.4 is 5.32 Å². The highest BCUT2D eigenvalue weighted by molar-refractivity contribution is 8.00. The molecule has 1 amide bonds. The molecule has 0 radical (unpaired) electrons. The van der Waals surface area contributed by atoms with Crippen LogP contribution in [0.4, 0.5) is 5.69 Å². The lowest BCUT2D eigenvalue weighted by atomic mass is 10.1. The topological polar surface area (TPSA) is 67.8 Å². The summed E-state index contributed by atoms with van der Waals surface area (Å²) in [5, 5.41) is 4.34. The van der Waals surface area contributed by atoms with E-state index in [1.807, 2.05) is 44.2 Å². The largest absolute Gasteiger partial charge is 0.324 e. The highest BCUT2D eigenvalue weighted by atomic mass is 32.2. The van der Waals surface area contributed by atoms with E-state index >= 15 is 0 Å². The van der Waals surface area contributed by atoms with E-state index in [0.29, 0.717) is 11.6 Å². The van der Waals surface area contributed by atoms with Crippen LogP contribution in [0.5, 0.6) is 0 Å². The molecule has 1 atom stereocenters. The van der Waals surface area contributed by atoms with Gasteiger partial charge in [0.05, 0.1) is 16.5 Å². The predicted molar refractivity (Wildman–Crippen MR) is 97.1 cm³/mol. The molecule has 0 aliphatic rings. The Kier molecular flexibility index (Phi) is 5.05. The molecular weight excluding hydrogens is 320 g/mol. The van der Waals surface area contributed by atoms with Crippen molar-refractivity contribution in [3.63, 3.8) is 0 Å².